The van der Waals surface area contributed by atoms with E-state index in [2.05, 4.69) is 43.1 Å². The number of aromatic nitrogens is 1. The number of carbonyl (C=O) groups excluding carboxylic acids is 1. The summed E-state index contributed by atoms with van der Waals surface area (Å²) in [5, 5.41) is 3.33. The molecule has 0 aliphatic heterocycles. The number of halogens is 1. The van der Waals surface area contributed by atoms with Gasteiger partial charge in [-0.05, 0) is 89.0 Å². The van der Waals surface area contributed by atoms with Crippen LogP contribution in [0, 0.1) is 10.5 Å². The molecule has 0 atom stereocenters. The number of hydrogen-bond acceptors (Lipinski definition) is 6. The van der Waals surface area contributed by atoms with Gasteiger partial charge in [-0.3, -0.25) is 14.6 Å². The first-order valence-electron chi connectivity index (χ1n) is 10.7. The number of pyridine rings is 1. The molecule has 3 aromatic rings. The SMILES string of the molecule is CCCc1c(S(=O)(=O)NCc2cccnc2)ccc(C(=O)NOC)c1Nc1ccc(I)cc1C. The number of aryl methyl sites for hydroxylation is 1. The van der Waals surface area contributed by atoms with Crippen molar-refractivity contribution in [3.05, 3.63) is 80.7 Å². The lowest BCUT2D eigenvalue weighted by Crippen LogP contribution is -2.27. The molecule has 0 unspecified atom stereocenters. The molecular weight excluding hydrogens is 567 g/mol. The number of nitrogens with zero attached hydrogens (tertiary/aromatic N) is 1. The van der Waals surface area contributed by atoms with Crippen molar-refractivity contribution in [1.82, 2.24) is 15.2 Å². The number of hydroxylamine groups is 1. The van der Waals surface area contributed by atoms with E-state index in [1.165, 1.54) is 19.2 Å². The molecule has 2 aromatic carbocycles. The van der Waals surface area contributed by atoms with Crippen LogP contribution in [0.4, 0.5) is 11.4 Å². The van der Waals surface area contributed by atoms with Crippen LogP contribution in [-0.4, -0.2) is 26.4 Å². The van der Waals surface area contributed by atoms with E-state index < -0.39 is 15.9 Å². The quantitative estimate of drug-likeness (QED) is 0.236. The Kier molecular flexibility index (Phi) is 9.00. The van der Waals surface area contributed by atoms with Crippen LogP contribution >= 0.6 is 22.6 Å². The summed E-state index contributed by atoms with van der Waals surface area (Å²) in [5.74, 6) is -0.474. The standard InChI is InChI=1S/C24H27IN4O4S/c1-4-6-19-22(34(31,32)27-15-17-7-5-12-26-14-17)11-9-20(24(30)29-33-3)23(19)28-21-10-8-18(25)13-16(21)2/h5,7-14,27-28H,4,6,15H2,1-3H3,(H,29,30). The van der Waals surface area contributed by atoms with Crippen LogP contribution in [0.5, 0.6) is 0 Å². The van der Waals surface area contributed by atoms with Crippen molar-refractivity contribution in [3.63, 3.8) is 0 Å². The Labute approximate surface area is 213 Å². The molecule has 180 valence electrons. The van der Waals surface area contributed by atoms with Gasteiger partial charge in [-0.2, -0.15) is 0 Å². The lowest BCUT2D eigenvalue weighted by atomic mass is 10.0. The van der Waals surface area contributed by atoms with Crippen LogP contribution in [0.2, 0.25) is 0 Å². The predicted octanol–water partition coefficient (Wildman–Crippen LogP) is 4.46. The first-order valence-corrected chi connectivity index (χ1v) is 13.2. The van der Waals surface area contributed by atoms with Crippen LogP contribution in [0.1, 0.15) is 40.4 Å². The summed E-state index contributed by atoms with van der Waals surface area (Å²) in [5.41, 5.74) is 6.08. The van der Waals surface area contributed by atoms with Gasteiger partial charge in [-0.1, -0.05) is 19.4 Å². The number of nitrogens with one attached hydrogen (secondary N) is 3. The highest BCUT2D eigenvalue weighted by molar-refractivity contribution is 14.1. The first-order chi connectivity index (χ1) is 16.3. The molecule has 1 heterocycles. The van der Waals surface area contributed by atoms with E-state index in [0.29, 0.717) is 24.1 Å². The molecule has 0 spiro atoms. The van der Waals surface area contributed by atoms with E-state index in [0.717, 1.165) is 20.4 Å². The minimum atomic E-state index is -3.88. The van der Waals surface area contributed by atoms with E-state index >= 15 is 0 Å². The fraction of sp³-hybridized carbons (Fsp3) is 0.250. The monoisotopic (exact) mass is 594 g/mol. The number of amides is 1. The van der Waals surface area contributed by atoms with Crippen molar-refractivity contribution in [1.29, 1.82) is 0 Å². The molecule has 0 aliphatic rings. The maximum Gasteiger partial charge on any atom is 0.276 e. The fourth-order valence-corrected chi connectivity index (χ4v) is 5.45. The summed E-state index contributed by atoms with van der Waals surface area (Å²) in [6, 6.07) is 12.4. The number of hydrogen-bond donors (Lipinski definition) is 3. The van der Waals surface area contributed by atoms with Crippen LogP contribution in [0.25, 0.3) is 0 Å². The van der Waals surface area contributed by atoms with Crippen LogP contribution in [0.15, 0.2) is 59.8 Å². The average molecular weight is 594 g/mol. The Morgan fingerprint density at radius 2 is 1.97 bits per heavy atom. The number of rotatable bonds is 10. The number of benzene rings is 2. The summed E-state index contributed by atoms with van der Waals surface area (Å²) in [6.45, 7) is 4.02. The summed E-state index contributed by atoms with van der Waals surface area (Å²) in [7, 11) is -2.53. The number of anilines is 2. The largest absolute Gasteiger partial charge is 0.354 e. The van der Waals surface area contributed by atoms with Crippen molar-refractivity contribution in [2.24, 2.45) is 0 Å². The van der Waals surface area contributed by atoms with Crippen molar-refractivity contribution in [3.8, 4) is 0 Å². The Morgan fingerprint density at radius 1 is 1.18 bits per heavy atom. The number of carbonyl (C=O) groups is 1. The normalized spacial score (nSPS) is 11.3. The first kappa shape index (κ1) is 26.1. The second-order valence-corrected chi connectivity index (χ2v) is 10.6. The van der Waals surface area contributed by atoms with Crippen LogP contribution in [0.3, 0.4) is 0 Å². The highest BCUT2D eigenvalue weighted by Crippen LogP contribution is 2.33. The molecule has 0 bridgehead atoms. The highest BCUT2D eigenvalue weighted by Gasteiger charge is 2.25. The molecule has 0 saturated carbocycles. The molecule has 3 rings (SSSR count). The maximum absolute atomic E-state index is 13.3. The molecule has 8 nitrogen and oxygen atoms in total. The van der Waals surface area contributed by atoms with Gasteiger partial charge < -0.3 is 5.32 Å². The van der Waals surface area contributed by atoms with Crippen molar-refractivity contribution >= 4 is 49.9 Å². The second kappa shape index (κ2) is 11.7. The lowest BCUT2D eigenvalue weighted by Gasteiger charge is -2.21. The molecule has 1 aromatic heterocycles. The number of sulfonamides is 1. The van der Waals surface area contributed by atoms with Gasteiger partial charge in [0.1, 0.15) is 0 Å². The predicted molar refractivity (Wildman–Crippen MR) is 140 cm³/mol. The van der Waals surface area contributed by atoms with E-state index in [9.17, 15) is 13.2 Å². The van der Waals surface area contributed by atoms with E-state index in [-0.39, 0.29) is 17.0 Å². The zero-order valence-electron chi connectivity index (χ0n) is 19.2. The molecule has 0 aliphatic carbocycles. The molecule has 0 fully saturated rings. The van der Waals surface area contributed by atoms with Crippen molar-refractivity contribution in [2.45, 2.75) is 38.1 Å². The third-order valence-corrected chi connectivity index (χ3v) is 7.29. The summed E-state index contributed by atoms with van der Waals surface area (Å²) in [4.78, 5) is 21.7. The zero-order valence-corrected chi connectivity index (χ0v) is 22.2. The molecule has 0 radical (unpaired) electrons. The van der Waals surface area contributed by atoms with Gasteiger partial charge >= 0.3 is 0 Å². The summed E-state index contributed by atoms with van der Waals surface area (Å²) >= 11 is 2.23. The third kappa shape index (κ3) is 6.32. The Balaban J connectivity index is 2.11. The molecule has 34 heavy (non-hydrogen) atoms. The third-order valence-electron chi connectivity index (χ3n) is 5.14. The molecule has 3 N–H and O–H groups in total. The van der Waals surface area contributed by atoms with Gasteiger partial charge in [0.05, 0.1) is 23.3 Å². The van der Waals surface area contributed by atoms with Crippen molar-refractivity contribution < 1.29 is 18.0 Å². The summed E-state index contributed by atoms with van der Waals surface area (Å²) < 4.78 is 30.4. The van der Waals surface area contributed by atoms with E-state index in [4.69, 9.17) is 4.84 Å². The lowest BCUT2D eigenvalue weighted by molar-refractivity contribution is 0.0538. The summed E-state index contributed by atoms with van der Waals surface area (Å²) in [6.07, 6.45) is 4.37. The molecule has 0 saturated heterocycles. The average Bonchev–Trinajstić information content (AvgIpc) is 2.81. The van der Waals surface area contributed by atoms with Gasteiger partial charge in [-0.25, -0.2) is 18.6 Å². The molecule has 1 amide bonds. The van der Waals surface area contributed by atoms with E-state index in [1.54, 1.807) is 24.5 Å². The van der Waals surface area contributed by atoms with Gasteiger partial charge in [0.25, 0.3) is 5.91 Å². The van der Waals surface area contributed by atoms with Gasteiger partial charge in [0.2, 0.25) is 10.0 Å². The van der Waals surface area contributed by atoms with Crippen LogP contribution in [-0.2, 0) is 27.8 Å². The minimum Gasteiger partial charge on any atom is -0.354 e. The Bertz CT molecular complexity index is 1270. The topological polar surface area (TPSA) is 109 Å². The Hall–Kier alpha value is -2.54. The van der Waals surface area contributed by atoms with Gasteiger partial charge in [0.15, 0.2) is 0 Å². The van der Waals surface area contributed by atoms with E-state index in [1.807, 2.05) is 32.0 Å². The highest BCUT2D eigenvalue weighted by atomic mass is 127. The second-order valence-electron chi connectivity index (χ2n) is 7.62. The zero-order chi connectivity index (χ0) is 24.7. The minimum absolute atomic E-state index is 0.104. The van der Waals surface area contributed by atoms with Crippen LogP contribution < -0.4 is 15.5 Å². The smallest absolute Gasteiger partial charge is 0.276 e. The van der Waals surface area contributed by atoms with Crippen molar-refractivity contribution in [2.75, 3.05) is 12.4 Å². The van der Waals surface area contributed by atoms with Gasteiger partial charge in [-0.15, -0.1) is 0 Å². The van der Waals surface area contributed by atoms with Gasteiger partial charge in [0, 0.05) is 28.2 Å². The molecule has 10 heteroatoms. The molecular formula is C24H27IN4O4S. The maximum atomic E-state index is 13.3. The Morgan fingerprint density at radius 3 is 2.62 bits per heavy atom. The fourth-order valence-electron chi connectivity index (χ4n) is 3.52.